The lowest BCUT2D eigenvalue weighted by Crippen LogP contribution is -2.06. The molecule has 102 valence electrons. The summed E-state index contributed by atoms with van der Waals surface area (Å²) >= 11 is 0. The third-order valence-corrected chi connectivity index (χ3v) is 3.24. The number of aliphatic imine (C=N–C) groups is 1. The Kier molecular flexibility index (Phi) is 3.68. The molecule has 3 nitrogen and oxygen atoms in total. The molecule has 0 unspecified atom stereocenters. The summed E-state index contributed by atoms with van der Waals surface area (Å²) in [4.78, 5) is 4.49. The van der Waals surface area contributed by atoms with Gasteiger partial charge in [0.15, 0.2) is 0 Å². The van der Waals surface area contributed by atoms with Crippen molar-refractivity contribution in [2.24, 2.45) is 4.99 Å². The molecule has 1 aliphatic rings. The van der Waals surface area contributed by atoms with E-state index in [4.69, 9.17) is 9.47 Å². The molecule has 1 aliphatic heterocycles. The zero-order valence-corrected chi connectivity index (χ0v) is 11.5. The van der Waals surface area contributed by atoms with Crippen LogP contribution in [0.25, 0.3) is 0 Å². The fourth-order valence-electron chi connectivity index (χ4n) is 2.24. The Morgan fingerprint density at radius 3 is 2.55 bits per heavy atom. The molecule has 1 atom stereocenters. The van der Waals surface area contributed by atoms with E-state index in [1.807, 2.05) is 49.4 Å². The molecule has 20 heavy (non-hydrogen) atoms. The highest BCUT2D eigenvalue weighted by atomic mass is 16.5. The Labute approximate surface area is 118 Å². The fourth-order valence-corrected chi connectivity index (χ4v) is 2.24. The van der Waals surface area contributed by atoms with Gasteiger partial charge in [0.25, 0.3) is 0 Å². The van der Waals surface area contributed by atoms with Gasteiger partial charge in [0, 0.05) is 5.56 Å². The minimum atomic E-state index is 0.0257. The van der Waals surface area contributed by atoms with Gasteiger partial charge in [-0.3, -0.25) is 0 Å². The molecule has 0 fully saturated rings. The lowest BCUT2D eigenvalue weighted by molar-refractivity contribution is 0.230. The Morgan fingerprint density at radius 2 is 1.85 bits per heavy atom. The molecule has 3 heteroatoms. The Bertz CT molecular complexity index is 590. The number of benzene rings is 2. The smallest absolute Gasteiger partial charge is 0.216 e. The monoisotopic (exact) mass is 267 g/mol. The van der Waals surface area contributed by atoms with E-state index in [1.54, 1.807) is 0 Å². The summed E-state index contributed by atoms with van der Waals surface area (Å²) in [5.41, 5.74) is 2.16. The first-order valence-corrected chi connectivity index (χ1v) is 6.86. The van der Waals surface area contributed by atoms with Crippen molar-refractivity contribution < 1.29 is 9.47 Å². The highest BCUT2D eigenvalue weighted by Gasteiger charge is 2.22. The summed E-state index contributed by atoms with van der Waals surface area (Å²) < 4.78 is 11.4. The third kappa shape index (κ3) is 2.67. The van der Waals surface area contributed by atoms with Crippen LogP contribution in [0.1, 0.15) is 24.2 Å². The molecule has 0 saturated carbocycles. The van der Waals surface area contributed by atoms with E-state index in [1.165, 1.54) is 0 Å². The second kappa shape index (κ2) is 5.78. The molecule has 1 heterocycles. The van der Waals surface area contributed by atoms with Gasteiger partial charge in [-0.25, -0.2) is 4.99 Å². The number of rotatable bonds is 4. The van der Waals surface area contributed by atoms with Gasteiger partial charge in [-0.15, -0.1) is 0 Å². The number of ether oxygens (including phenoxy) is 2. The van der Waals surface area contributed by atoms with Crippen molar-refractivity contribution in [2.45, 2.75) is 13.0 Å². The average Bonchev–Trinajstić information content (AvgIpc) is 2.99. The number of hydrogen-bond donors (Lipinski definition) is 0. The molecule has 0 N–H and O–H groups in total. The third-order valence-electron chi connectivity index (χ3n) is 3.24. The van der Waals surface area contributed by atoms with Crippen LogP contribution in [-0.4, -0.2) is 19.0 Å². The summed E-state index contributed by atoms with van der Waals surface area (Å²) in [7, 11) is 0. The zero-order chi connectivity index (χ0) is 13.8. The Hall–Kier alpha value is -2.29. The molecule has 0 radical (unpaired) electrons. The Morgan fingerprint density at radius 1 is 1.10 bits per heavy atom. The first-order chi connectivity index (χ1) is 9.86. The van der Waals surface area contributed by atoms with E-state index in [0.717, 1.165) is 16.9 Å². The van der Waals surface area contributed by atoms with Crippen LogP contribution in [0.5, 0.6) is 5.75 Å². The van der Waals surface area contributed by atoms with Crippen LogP contribution in [0.3, 0.4) is 0 Å². The molecule has 3 rings (SSSR count). The lowest BCUT2D eigenvalue weighted by Gasteiger charge is -2.11. The molecule has 0 amide bonds. The van der Waals surface area contributed by atoms with Gasteiger partial charge in [0.05, 0.1) is 13.2 Å². The SMILES string of the molecule is CCOc1ccc(C2=NC[C@H](c3ccccc3)O2)cc1. The lowest BCUT2D eigenvalue weighted by atomic mass is 10.1. The summed E-state index contributed by atoms with van der Waals surface area (Å²) in [5.74, 6) is 1.58. The second-order valence-corrected chi connectivity index (χ2v) is 4.62. The van der Waals surface area contributed by atoms with E-state index in [-0.39, 0.29) is 6.10 Å². The maximum atomic E-state index is 5.94. The maximum absolute atomic E-state index is 5.94. The maximum Gasteiger partial charge on any atom is 0.216 e. The van der Waals surface area contributed by atoms with Crippen LogP contribution >= 0.6 is 0 Å². The highest BCUT2D eigenvalue weighted by molar-refractivity contribution is 5.95. The van der Waals surface area contributed by atoms with Gasteiger partial charge in [-0.2, -0.15) is 0 Å². The van der Waals surface area contributed by atoms with E-state index >= 15 is 0 Å². The largest absolute Gasteiger partial charge is 0.494 e. The topological polar surface area (TPSA) is 30.8 Å². The summed E-state index contributed by atoms with van der Waals surface area (Å²) in [6.45, 7) is 3.32. The first-order valence-electron chi connectivity index (χ1n) is 6.86. The van der Waals surface area contributed by atoms with Crippen LogP contribution in [0.4, 0.5) is 0 Å². The van der Waals surface area contributed by atoms with Crippen LogP contribution in [0, 0.1) is 0 Å². The minimum Gasteiger partial charge on any atom is -0.494 e. The number of nitrogens with zero attached hydrogens (tertiary/aromatic N) is 1. The van der Waals surface area contributed by atoms with Crippen molar-refractivity contribution in [3.05, 3.63) is 65.7 Å². The summed E-state index contributed by atoms with van der Waals surface area (Å²) in [5, 5.41) is 0. The highest BCUT2D eigenvalue weighted by Crippen LogP contribution is 2.25. The van der Waals surface area contributed by atoms with Crippen LogP contribution in [0.15, 0.2) is 59.6 Å². The standard InChI is InChI=1S/C17H17NO2/c1-2-19-15-10-8-14(9-11-15)17-18-12-16(20-17)13-6-4-3-5-7-13/h3-11,16H,2,12H2,1H3/t16-/m1/s1. The predicted molar refractivity (Wildman–Crippen MR) is 79.3 cm³/mol. The van der Waals surface area contributed by atoms with Crippen molar-refractivity contribution in [3.8, 4) is 5.75 Å². The van der Waals surface area contributed by atoms with E-state index in [0.29, 0.717) is 19.0 Å². The molecule has 0 spiro atoms. The van der Waals surface area contributed by atoms with Gasteiger partial charge in [0.2, 0.25) is 5.90 Å². The van der Waals surface area contributed by atoms with E-state index < -0.39 is 0 Å². The van der Waals surface area contributed by atoms with Crippen molar-refractivity contribution in [1.82, 2.24) is 0 Å². The van der Waals surface area contributed by atoms with Crippen molar-refractivity contribution in [1.29, 1.82) is 0 Å². The van der Waals surface area contributed by atoms with Crippen molar-refractivity contribution in [2.75, 3.05) is 13.2 Å². The normalized spacial score (nSPS) is 17.4. The van der Waals surface area contributed by atoms with Crippen molar-refractivity contribution >= 4 is 5.90 Å². The molecule has 2 aromatic carbocycles. The van der Waals surface area contributed by atoms with Crippen LogP contribution in [-0.2, 0) is 4.74 Å². The Balaban J connectivity index is 1.70. The minimum absolute atomic E-state index is 0.0257. The molecule has 2 aromatic rings. The van der Waals surface area contributed by atoms with Gasteiger partial charge < -0.3 is 9.47 Å². The van der Waals surface area contributed by atoms with Crippen LogP contribution in [0.2, 0.25) is 0 Å². The molecular formula is C17H17NO2. The van der Waals surface area contributed by atoms with Gasteiger partial charge in [0.1, 0.15) is 11.9 Å². The molecular weight excluding hydrogens is 250 g/mol. The molecule has 0 aromatic heterocycles. The quantitative estimate of drug-likeness (QED) is 0.847. The summed E-state index contributed by atoms with van der Waals surface area (Å²) in [6.07, 6.45) is 0.0257. The van der Waals surface area contributed by atoms with E-state index in [2.05, 4.69) is 17.1 Å². The van der Waals surface area contributed by atoms with E-state index in [9.17, 15) is 0 Å². The fraction of sp³-hybridized carbons (Fsp3) is 0.235. The second-order valence-electron chi connectivity index (χ2n) is 4.62. The molecule has 0 saturated heterocycles. The van der Waals surface area contributed by atoms with Crippen LogP contribution < -0.4 is 4.74 Å². The van der Waals surface area contributed by atoms with Gasteiger partial charge >= 0.3 is 0 Å². The predicted octanol–water partition coefficient (Wildman–Crippen LogP) is 3.60. The molecule has 0 bridgehead atoms. The van der Waals surface area contributed by atoms with Crippen molar-refractivity contribution in [3.63, 3.8) is 0 Å². The van der Waals surface area contributed by atoms with Gasteiger partial charge in [-0.1, -0.05) is 30.3 Å². The first kappa shape index (κ1) is 12.7. The summed E-state index contributed by atoms with van der Waals surface area (Å²) in [6, 6.07) is 18.0. The average molecular weight is 267 g/mol. The zero-order valence-electron chi connectivity index (χ0n) is 11.5. The van der Waals surface area contributed by atoms with Gasteiger partial charge in [-0.05, 0) is 36.8 Å². The molecule has 0 aliphatic carbocycles. The number of hydrogen-bond acceptors (Lipinski definition) is 3.